The van der Waals surface area contributed by atoms with Crippen LogP contribution >= 0.6 is 0 Å². The van der Waals surface area contributed by atoms with Crippen molar-refractivity contribution in [2.24, 2.45) is 5.92 Å². The maximum atomic E-state index is 12.8. The van der Waals surface area contributed by atoms with Crippen LogP contribution in [-0.4, -0.2) is 45.8 Å². The number of hydrogen-bond donors (Lipinski definition) is 0. The molecule has 28 heavy (non-hydrogen) atoms. The van der Waals surface area contributed by atoms with Crippen molar-refractivity contribution in [2.75, 3.05) is 14.1 Å². The van der Waals surface area contributed by atoms with Crippen LogP contribution in [0.2, 0.25) is 0 Å². The van der Waals surface area contributed by atoms with E-state index in [0.717, 1.165) is 42.1 Å². The first-order valence-electron chi connectivity index (χ1n) is 9.87. The third-order valence-corrected chi connectivity index (χ3v) is 5.75. The zero-order valence-electron chi connectivity index (χ0n) is 16.7. The first kappa shape index (κ1) is 18.7. The number of fused-ring (bicyclic) bond motifs is 1. The summed E-state index contributed by atoms with van der Waals surface area (Å²) in [6.45, 7) is 1.82. The van der Waals surface area contributed by atoms with Gasteiger partial charge in [0.1, 0.15) is 11.6 Å². The molecule has 0 unspecified atom stereocenters. The van der Waals surface area contributed by atoms with Crippen molar-refractivity contribution in [1.82, 2.24) is 19.9 Å². The molecule has 0 aliphatic heterocycles. The van der Waals surface area contributed by atoms with Crippen molar-refractivity contribution in [3.05, 3.63) is 42.3 Å². The minimum Gasteiger partial charge on any atom is -0.441 e. The van der Waals surface area contributed by atoms with Crippen LogP contribution in [0.3, 0.4) is 0 Å². The Balaban J connectivity index is 1.49. The molecular formula is C22H26N4O2. The van der Waals surface area contributed by atoms with Gasteiger partial charge in [0.15, 0.2) is 11.7 Å². The second-order valence-corrected chi connectivity index (χ2v) is 7.92. The number of carbonyl (C=O) groups excluding carboxylic acids is 1. The molecule has 0 radical (unpaired) electrons. The Morgan fingerprint density at radius 2 is 1.93 bits per heavy atom. The zero-order valence-corrected chi connectivity index (χ0v) is 16.7. The van der Waals surface area contributed by atoms with Crippen molar-refractivity contribution >= 4 is 16.7 Å². The van der Waals surface area contributed by atoms with Gasteiger partial charge in [0.05, 0.1) is 18.1 Å². The number of rotatable bonds is 5. The van der Waals surface area contributed by atoms with Crippen molar-refractivity contribution in [3.8, 4) is 11.3 Å². The van der Waals surface area contributed by atoms with Gasteiger partial charge in [-0.05, 0) is 45.8 Å². The van der Waals surface area contributed by atoms with Gasteiger partial charge >= 0.3 is 0 Å². The lowest BCUT2D eigenvalue weighted by Gasteiger charge is -2.31. The molecule has 2 heterocycles. The second-order valence-electron chi connectivity index (χ2n) is 7.92. The minimum atomic E-state index is 0.138. The number of benzene rings is 1. The molecule has 0 bridgehead atoms. The van der Waals surface area contributed by atoms with E-state index in [4.69, 9.17) is 4.42 Å². The first-order valence-corrected chi connectivity index (χ1v) is 9.87. The highest BCUT2D eigenvalue weighted by Crippen LogP contribution is 2.28. The molecule has 0 saturated heterocycles. The summed E-state index contributed by atoms with van der Waals surface area (Å²) in [4.78, 5) is 28.2. The minimum absolute atomic E-state index is 0.138. The van der Waals surface area contributed by atoms with Gasteiger partial charge in [-0.3, -0.25) is 4.79 Å². The van der Waals surface area contributed by atoms with Crippen molar-refractivity contribution in [3.63, 3.8) is 0 Å². The lowest BCUT2D eigenvalue weighted by Crippen LogP contribution is -2.34. The fraction of sp³-hybridized carbons (Fsp3) is 0.455. The summed E-state index contributed by atoms with van der Waals surface area (Å²) in [6.07, 6.45) is 7.91. The topological polar surface area (TPSA) is 72.1 Å². The van der Waals surface area contributed by atoms with Gasteiger partial charge in [0, 0.05) is 36.0 Å². The molecule has 1 fully saturated rings. The molecule has 6 nitrogen and oxygen atoms in total. The molecule has 1 aromatic carbocycles. The number of oxazole rings is 1. The average molecular weight is 378 g/mol. The predicted octanol–water partition coefficient (Wildman–Crippen LogP) is 3.83. The van der Waals surface area contributed by atoms with Crippen molar-refractivity contribution in [1.29, 1.82) is 0 Å². The Morgan fingerprint density at radius 3 is 2.61 bits per heavy atom. The molecule has 1 saturated carbocycles. The SMILES string of the molecule is Cc1ncc(-c2ccc3cnc(CC(=O)C4CCC(N(C)C)CC4)nc3c2)o1. The highest BCUT2D eigenvalue weighted by Gasteiger charge is 2.27. The van der Waals surface area contributed by atoms with Crippen LogP contribution in [0.5, 0.6) is 0 Å². The third-order valence-electron chi connectivity index (χ3n) is 5.75. The van der Waals surface area contributed by atoms with Gasteiger partial charge in [-0.1, -0.05) is 12.1 Å². The first-order chi connectivity index (χ1) is 13.5. The third kappa shape index (κ3) is 3.97. The molecule has 0 amide bonds. The standard InChI is InChI=1S/C22H26N4O2/c1-14-23-13-21(28-14)16-4-5-17-12-24-22(25-19(17)10-16)11-20(27)15-6-8-18(9-7-15)26(2)3/h4-5,10,12-13,15,18H,6-9,11H2,1-3H3. The summed E-state index contributed by atoms with van der Waals surface area (Å²) < 4.78 is 5.61. The van der Waals surface area contributed by atoms with Crippen LogP contribution in [0.15, 0.2) is 35.0 Å². The highest BCUT2D eigenvalue weighted by molar-refractivity contribution is 5.85. The summed E-state index contributed by atoms with van der Waals surface area (Å²) in [5, 5.41) is 0.947. The van der Waals surface area contributed by atoms with Gasteiger partial charge in [0.2, 0.25) is 0 Å². The number of Topliss-reactive ketones (excluding diaryl/α,β-unsaturated/α-hetero) is 1. The number of nitrogens with zero attached hydrogens (tertiary/aromatic N) is 4. The van der Waals surface area contributed by atoms with Crippen LogP contribution in [0.4, 0.5) is 0 Å². The summed E-state index contributed by atoms with van der Waals surface area (Å²) in [5.74, 6) is 2.34. The van der Waals surface area contributed by atoms with E-state index in [2.05, 4.69) is 33.9 Å². The lowest BCUT2D eigenvalue weighted by atomic mass is 9.82. The van der Waals surface area contributed by atoms with Gasteiger partial charge in [-0.15, -0.1) is 0 Å². The Hall–Kier alpha value is -2.60. The molecular weight excluding hydrogens is 352 g/mol. The summed E-state index contributed by atoms with van der Waals surface area (Å²) in [6, 6.07) is 6.50. The van der Waals surface area contributed by atoms with Crippen LogP contribution in [-0.2, 0) is 11.2 Å². The van der Waals surface area contributed by atoms with E-state index in [-0.39, 0.29) is 11.7 Å². The summed E-state index contributed by atoms with van der Waals surface area (Å²) >= 11 is 0. The van der Waals surface area contributed by atoms with Gasteiger partial charge in [-0.25, -0.2) is 15.0 Å². The Bertz CT molecular complexity index is 987. The van der Waals surface area contributed by atoms with E-state index >= 15 is 0 Å². The van der Waals surface area contributed by atoms with E-state index in [9.17, 15) is 4.79 Å². The maximum Gasteiger partial charge on any atom is 0.191 e. The quantitative estimate of drug-likeness (QED) is 0.672. The van der Waals surface area contributed by atoms with E-state index in [0.29, 0.717) is 29.9 Å². The molecule has 0 atom stereocenters. The van der Waals surface area contributed by atoms with E-state index in [1.54, 1.807) is 12.4 Å². The number of carbonyl (C=O) groups is 1. The highest BCUT2D eigenvalue weighted by atomic mass is 16.4. The average Bonchev–Trinajstić information content (AvgIpc) is 3.14. The number of aromatic nitrogens is 3. The fourth-order valence-corrected chi connectivity index (χ4v) is 4.01. The maximum absolute atomic E-state index is 12.8. The second kappa shape index (κ2) is 7.80. The van der Waals surface area contributed by atoms with Crippen LogP contribution in [0.1, 0.15) is 37.4 Å². The Labute approximate surface area is 165 Å². The molecule has 6 heteroatoms. The van der Waals surface area contributed by atoms with Gasteiger partial charge in [-0.2, -0.15) is 0 Å². The van der Waals surface area contributed by atoms with Crippen LogP contribution in [0, 0.1) is 12.8 Å². The largest absolute Gasteiger partial charge is 0.441 e. The van der Waals surface area contributed by atoms with Crippen LogP contribution in [0.25, 0.3) is 22.2 Å². The lowest BCUT2D eigenvalue weighted by molar-refractivity contribution is -0.123. The zero-order chi connectivity index (χ0) is 19.7. The van der Waals surface area contributed by atoms with Crippen molar-refractivity contribution < 1.29 is 9.21 Å². The molecule has 146 valence electrons. The normalized spacial score (nSPS) is 20.0. The van der Waals surface area contributed by atoms with E-state index < -0.39 is 0 Å². The van der Waals surface area contributed by atoms with E-state index in [1.807, 2.05) is 25.1 Å². The van der Waals surface area contributed by atoms with E-state index in [1.165, 1.54) is 0 Å². The monoisotopic (exact) mass is 378 g/mol. The molecule has 2 aromatic heterocycles. The molecule has 0 spiro atoms. The number of aryl methyl sites for hydroxylation is 1. The van der Waals surface area contributed by atoms with Crippen LogP contribution < -0.4 is 0 Å². The number of ketones is 1. The van der Waals surface area contributed by atoms with Crippen molar-refractivity contribution in [2.45, 2.75) is 45.1 Å². The smallest absolute Gasteiger partial charge is 0.191 e. The summed E-state index contributed by atoms with van der Waals surface area (Å²) in [5.41, 5.74) is 1.74. The molecule has 1 aliphatic rings. The Morgan fingerprint density at radius 1 is 1.14 bits per heavy atom. The molecule has 1 aliphatic carbocycles. The predicted molar refractivity (Wildman–Crippen MR) is 108 cm³/mol. The number of hydrogen-bond acceptors (Lipinski definition) is 6. The summed E-state index contributed by atoms with van der Waals surface area (Å²) in [7, 11) is 4.23. The van der Waals surface area contributed by atoms with Gasteiger partial charge < -0.3 is 9.32 Å². The Kier molecular flexibility index (Phi) is 5.22. The fourth-order valence-electron chi connectivity index (χ4n) is 4.01. The molecule has 4 rings (SSSR count). The molecule has 3 aromatic rings. The molecule has 0 N–H and O–H groups in total. The van der Waals surface area contributed by atoms with Gasteiger partial charge in [0.25, 0.3) is 0 Å².